The van der Waals surface area contributed by atoms with E-state index in [4.69, 9.17) is 0 Å². The van der Waals surface area contributed by atoms with Crippen molar-refractivity contribution in [2.24, 2.45) is 0 Å². The molecule has 6 heteroatoms. The molecule has 31 heavy (non-hydrogen) atoms. The van der Waals surface area contributed by atoms with Crippen LogP contribution in [0.2, 0.25) is 0 Å². The molecule has 0 aliphatic rings. The van der Waals surface area contributed by atoms with Crippen molar-refractivity contribution in [1.29, 1.82) is 0 Å². The molecule has 0 bridgehead atoms. The van der Waals surface area contributed by atoms with Gasteiger partial charge < -0.3 is 5.32 Å². The summed E-state index contributed by atoms with van der Waals surface area (Å²) in [5.74, 6) is -0.251. The monoisotopic (exact) mass is 429 g/mol. The van der Waals surface area contributed by atoms with Crippen LogP contribution in [0.4, 0.5) is 0 Å². The predicted molar refractivity (Wildman–Crippen MR) is 124 cm³/mol. The van der Waals surface area contributed by atoms with Gasteiger partial charge in [-0.05, 0) is 42.7 Å². The first kappa shape index (κ1) is 20.8. The Hall–Kier alpha value is -3.51. The highest BCUT2D eigenvalue weighted by atomic mass is 32.1. The summed E-state index contributed by atoms with van der Waals surface area (Å²) in [7, 11) is 0. The summed E-state index contributed by atoms with van der Waals surface area (Å²) in [6.07, 6.45) is 0.660. The molecule has 0 saturated heterocycles. The Labute approximate surface area is 185 Å². The topological polar surface area (TPSA) is 64.0 Å². The second-order valence-electron chi connectivity index (χ2n) is 7.35. The molecular formula is C25H23N3O2S. The lowest BCUT2D eigenvalue weighted by molar-refractivity contribution is -0.122. The normalized spacial score (nSPS) is 11.8. The molecule has 4 rings (SSSR count). The third-order valence-corrected chi connectivity index (χ3v) is 6.00. The first-order valence-electron chi connectivity index (χ1n) is 10.1. The smallest absolute Gasteiger partial charge is 0.267 e. The highest BCUT2D eigenvalue weighted by molar-refractivity contribution is 7.15. The van der Waals surface area contributed by atoms with Gasteiger partial charge in [0, 0.05) is 10.9 Å². The minimum absolute atomic E-state index is 0.130. The average Bonchev–Trinajstić information content (AvgIpc) is 3.22. The molecule has 1 N–H and O–H groups in total. The zero-order valence-electron chi connectivity index (χ0n) is 17.2. The van der Waals surface area contributed by atoms with E-state index in [1.165, 1.54) is 15.6 Å². The van der Waals surface area contributed by atoms with Gasteiger partial charge in [-0.25, -0.2) is 4.68 Å². The molecule has 156 valence electrons. The number of rotatable bonds is 7. The van der Waals surface area contributed by atoms with Gasteiger partial charge in [0.15, 0.2) is 0 Å². The van der Waals surface area contributed by atoms with E-state index in [2.05, 4.69) is 10.4 Å². The summed E-state index contributed by atoms with van der Waals surface area (Å²) in [6.45, 7) is 1.89. The van der Waals surface area contributed by atoms with Crippen molar-refractivity contribution in [1.82, 2.24) is 15.1 Å². The van der Waals surface area contributed by atoms with Crippen LogP contribution in [0.25, 0.3) is 10.6 Å². The van der Waals surface area contributed by atoms with Crippen molar-refractivity contribution >= 4 is 17.2 Å². The number of nitrogens with one attached hydrogen (secondary N) is 1. The van der Waals surface area contributed by atoms with E-state index in [0.29, 0.717) is 12.1 Å². The van der Waals surface area contributed by atoms with Crippen LogP contribution in [-0.4, -0.2) is 15.7 Å². The fourth-order valence-corrected chi connectivity index (χ4v) is 4.26. The number of thiophene rings is 1. The molecule has 2 aromatic heterocycles. The van der Waals surface area contributed by atoms with E-state index in [-0.39, 0.29) is 24.1 Å². The van der Waals surface area contributed by atoms with E-state index < -0.39 is 0 Å². The lowest BCUT2D eigenvalue weighted by atomic mass is 9.99. The molecule has 4 aromatic rings. The highest BCUT2D eigenvalue weighted by Gasteiger charge is 2.17. The summed E-state index contributed by atoms with van der Waals surface area (Å²) < 4.78 is 1.23. The summed E-state index contributed by atoms with van der Waals surface area (Å²) in [5, 5.41) is 7.50. The van der Waals surface area contributed by atoms with Crippen molar-refractivity contribution in [2.45, 2.75) is 25.9 Å². The van der Waals surface area contributed by atoms with Crippen LogP contribution in [0.15, 0.2) is 89.7 Å². The van der Waals surface area contributed by atoms with Crippen LogP contribution in [0.5, 0.6) is 0 Å². The molecule has 0 fully saturated rings. The standard InChI is InChI=1S/C25H23N3O2S/c1-18-12-14-23(31-18)21-13-15-25(30)28(27-21)17-24(29)26-22(20-10-6-3-7-11-20)16-19-8-4-2-5-9-19/h2-15,22H,16-17H2,1H3,(H,26,29). The Morgan fingerprint density at radius 3 is 2.35 bits per heavy atom. The van der Waals surface area contributed by atoms with Gasteiger partial charge in [-0.2, -0.15) is 5.10 Å². The molecule has 1 unspecified atom stereocenters. The van der Waals surface area contributed by atoms with Crippen molar-refractivity contribution < 1.29 is 4.79 Å². The van der Waals surface area contributed by atoms with Gasteiger partial charge in [-0.1, -0.05) is 60.7 Å². The Morgan fingerprint density at radius 1 is 0.968 bits per heavy atom. The summed E-state index contributed by atoms with van der Waals surface area (Å²) >= 11 is 1.61. The number of hydrogen-bond donors (Lipinski definition) is 1. The molecular weight excluding hydrogens is 406 g/mol. The van der Waals surface area contributed by atoms with Gasteiger partial charge in [0.05, 0.1) is 10.9 Å². The molecule has 0 aliphatic heterocycles. The zero-order chi connectivity index (χ0) is 21.6. The van der Waals surface area contributed by atoms with Gasteiger partial charge in [-0.15, -0.1) is 11.3 Å². The van der Waals surface area contributed by atoms with Crippen LogP contribution in [-0.2, 0) is 17.8 Å². The minimum Gasteiger partial charge on any atom is -0.347 e. The number of carbonyl (C=O) groups is 1. The molecule has 1 amide bonds. The van der Waals surface area contributed by atoms with Crippen LogP contribution in [0.3, 0.4) is 0 Å². The largest absolute Gasteiger partial charge is 0.347 e. The molecule has 0 saturated carbocycles. The SMILES string of the molecule is Cc1ccc(-c2ccc(=O)n(CC(=O)NC(Cc3ccccc3)c3ccccc3)n2)s1. The van der Waals surface area contributed by atoms with Crippen LogP contribution in [0.1, 0.15) is 22.0 Å². The van der Waals surface area contributed by atoms with Gasteiger partial charge in [0.25, 0.3) is 5.56 Å². The second kappa shape index (κ2) is 9.53. The Kier molecular flexibility index (Phi) is 6.38. The lowest BCUT2D eigenvalue weighted by Crippen LogP contribution is -2.36. The maximum absolute atomic E-state index is 12.9. The molecule has 1 atom stereocenters. The quantitative estimate of drug-likeness (QED) is 0.474. The zero-order valence-corrected chi connectivity index (χ0v) is 18.0. The number of aromatic nitrogens is 2. The molecule has 2 aromatic carbocycles. The third-order valence-electron chi connectivity index (χ3n) is 4.97. The fourth-order valence-electron chi connectivity index (χ4n) is 3.43. The van der Waals surface area contributed by atoms with Crippen molar-refractivity contribution in [2.75, 3.05) is 0 Å². The van der Waals surface area contributed by atoms with Gasteiger partial charge >= 0.3 is 0 Å². The number of amides is 1. The predicted octanol–water partition coefficient (Wildman–Crippen LogP) is 4.38. The summed E-state index contributed by atoms with van der Waals surface area (Å²) in [4.78, 5) is 27.3. The second-order valence-corrected chi connectivity index (χ2v) is 8.63. The van der Waals surface area contributed by atoms with Crippen LogP contribution < -0.4 is 10.9 Å². The maximum Gasteiger partial charge on any atom is 0.267 e. The van der Waals surface area contributed by atoms with Gasteiger partial charge in [0.1, 0.15) is 12.2 Å². The highest BCUT2D eigenvalue weighted by Crippen LogP contribution is 2.25. The number of benzene rings is 2. The maximum atomic E-state index is 12.9. The Balaban J connectivity index is 1.53. The first-order chi connectivity index (χ1) is 15.1. The lowest BCUT2D eigenvalue weighted by Gasteiger charge is -2.20. The van der Waals surface area contributed by atoms with Gasteiger partial charge in [0.2, 0.25) is 5.91 Å². The van der Waals surface area contributed by atoms with E-state index in [0.717, 1.165) is 16.0 Å². The molecule has 5 nitrogen and oxygen atoms in total. The number of aryl methyl sites for hydroxylation is 1. The van der Waals surface area contributed by atoms with Crippen molar-refractivity contribution in [3.8, 4) is 10.6 Å². The average molecular weight is 430 g/mol. The van der Waals surface area contributed by atoms with E-state index in [1.807, 2.05) is 79.7 Å². The minimum atomic E-state index is -0.300. The fraction of sp³-hybridized carbons (Fsp3) is 0.160. The number of carbonyl (C=O) groups excluding carboxylic acids is 1. The molecule has 0 spiro atoms. The third kappa shape index (κ3) is 5.35. The van der Waals surface area contributed by atoms with Crippen LogP contribution >= 0.6 is 11.3 Å². The molecule has 2 heterocycles. The Bertz CT molecular complexity index is 1220. The van der Waals surface area contributed by atoms with Gasteiger partial charge in [-0.3, -0.25) is 9.59 Å². The van der Waals surface area contributed by atoms with E-state index in [9.17, 15) is 9.59 Å². The van der Waals surface area contributed by atoms with E-state index in [1.54, 1.807) is 17.4 Å². The van der Waals surface area contributed by atoms with Crippen molar-refractivity contribution in [3.05, 3.63) is 111 Å². The first-order valence-corrected chi connectivity index (χ1v) is 10.9. The molecule has 0 aliphatic carbocycles. The molecule has 0 radical (unpaired) electrons. The van der Waals surface area contributed by atoms with Crippen molar-refractivity contribution in [3.63, 3.8) is 0 Å². The van der Waals surface area contributed by atoms with E-state index >= 15 is 0 Å². The summed E-state index contributed by atoms with van der Waals surface area (Å²) in [5.41, 5.74) is 2.53. The Morgan fingerprint density at radius 2 is 1.68 bits per heavy atom. The number of nitrogens with zero attached hydrogens (tertiary/aromatic N) is 2. The summed E-state index contributed by atoms with van der Waals surface area (Å²) in [6, 6.07) is 26.8. The van der Waals surface area contributed by atoms with Crippen LogP contribution in [0, 0.1) is 6.92 Å². The number of hydrogen-bond acceptors (Lipinski definition) is 4.